The van der Waals surface area contributed by atoms with E-state index >= 15 is 0 Å². The number of ketones is 1. The molecule has 0 saturated carbocycles. The van der Waals surface area contributed by atoms with Crippen molar-refractivity contribution in [1.82, 2.24) is 20.2 Å². The van der Waals surface area contributed by atoms with E-state index in [-0.39, 0.29) is 13.2 Å². The number of ether oxygens (including phenoxy) is 1. The molecule has 0 aliphatic carbocycles. The average molecular weight is 290 g/mol. The van der Waals surface area contributed by atoms with E-state index in [0.29, 0.717) is 11.5 Å². The second-order valence-electron chi connectivity index (χ2n) is 3.85. The highest BCUT2D eigenvalue weighted by Gasteiger charge is 2.41. The summed E-state index contributed by atoms with van der Waals surface area (Å²) in [5.74, 6) is -1.57. The van der Waals surface area contributed by atoms with Gasteiger partial charge in [-0.15, -0.1) is 5.10 Å². The number of aromatic nitrogens is 4. The van der Waals surface area contributed by atoms with Crippen LogP contribution in [-0.4, -0.2) is 39.2 Å². The number of hydrogen-bond acceptors (Lipinski definition) is 6. The van der Waals surface area contributed by atoms with E-state index in [1.165, 1.54) is 7.11 Å². The molecule has 0 fully saturated rings. The fourth-order valence-electron chi connectivity index (χ4n) is 1.43. The molecular formula is C10H9F3N4O3. The van der Waals surface area contributed by atoms with Crippen molar-refractivity contribution in [2.45, 2.75) is 19.3 Å². The molecule has 0 N–H and O–H groups in total. The molecule has 0 bridgehead atoms. The summed E-state index contributed by atoms with van der Waals surface area (Å²) >= 11 is 0. The zero-order chi connectivity index (χ0) is 14.8. The van der Waals surface area contributed by atoms with Crippen LogP contribution in [0.3, 0.4) is 0 Å². The number of alkyl halides is 3. The van der Waals surface area contributed by atoms with Crippen LogP contribution in [0.1, 0.15) is 21.9 Å². The minimum Gasteiger partial charge on any atom is -0.377 e. The second kappa shape index (κ2) is 5.41. The van der Waals surface area contributed by atoms with Crippen LogP contribution in [0.15, 0.2) is 16.8 Å². The quantitative estimate of drug-likeness (QED) is 0.770. The van der Waals surface area contributed by atoms with E-state index in [1.54, 1.807) is 6.07 Å². The molecule has 0 aromatic carbocycles. The molecule has 0 aliphatic heterocycles. The van der Waals surface area contributed by atoms with Crippen molar-refractivity contribution in [3.05, 3.63) is 29.4 Å². The maximum absolute atomic E-state index is 12.2. The normalized spacial score (nSPS) is 11.8. The summed E-state index contributed by atoms with van der Waals surface area (Å²) < 4.78 is 47.4. The first kappa shape index (κ1) is 14.2. The van der Waals surface area contributed by atoms with Gasteiger partial charge in [0.05, 0.1) is 12.7 Å². The lowest BCUT2D eigenvalue weighted by molar-refractivity contribution is -0.0888. The molecule has 0 spiro atoms. The van der Waals surface area contributed by atoms with Gasteiger partial charge in [0.25, 0.3) is 5.78 Å². The van der Waals surface area contributed by atoms with Gasteiger partial charge >= 0.3 is 6.18 Å². The first-order valence-corrected chi connectivity index (χ1v) is 5.35. The lowest BCUT2D eigenvalue weighted by atomic mass is 10.3. The van der Waals surface area contributed by atoms with Crippen LogP contribution < -0.4 is 0 Å². The molecule has 0 aliphatic rings. The Kier molecular flexibility index (Phi) is 3.84. The summed E-state index contributed by atoms with van der Waals surface area (Å²) in [6, 6.07) is 1.57. The number of hydrogen-bond donors (Lipinski definition) is 0. The van der Waals surface area contributed by atoms with Crippen molar-refractivity contribution in [3.63, 3.8) is 0 Å². The van der Waals surface area contributed by atoms with Crippen LogP contribution in [0.2, 0.25) is 0 Å². The van der Waals surface area contributed by atoms with Crippen LogP contribution in [0.4, 0.5) is 13.2 Å². The minimum absolute atomic E-state index is 0.0331. The molecular weight excluding hydrogens is 281 g/mol. The molecule has 7 nitrogen and oxygen atoms in total. The molecule has 0 unspecified atom stereocenters. The lowest BCUT2D eigenvalue weighted by Gasteiger charge is -1.99. The van der Waals surface area contributed by atoms with E-state index in [0.717, 1.165) is 10.9 Å². The highest BCUT2D eigenvalue weighted by molar-refractivity contribution is 5.98. The van der Waals surface area contributed by atoms with Gasteiger partial charge in [0.15, 0.2) is 11.5 Å². The highest BCUT2D eigenvalue weighted by atomic mass is 19.4. The van der Waals surface area contributed by atoms with Crippen molar-refractivity contribution in [2.24, 2.45) is 0 Å². The smallest absolute Gasteiger partial charge is 0.377 e. The van der Waals surface area contributed by atoms with Gasteiger partial charge in [0.1, 0.15) is 12.3 Å². The Morgan fingerprint density at radius 2 is 2.25 bits per heavy atom. The molecule has 2 aromatic heterocycles. The largest absolute Gasteiger partial charge is 0.456 e. The van der Waals surface area contributed by atoms with Crippen LogP contribution in [0.25, 0.3) is 0 Å². The Labute approximate surface area is 110 Å². The molecule has 0 saturated heterocycles. The predicted molar refractivity (Wildman–Crippen MR) is 56.7 cm³/mol. The summed E-state index contributed by atoms with van der Waals surface area (Å²) in [6.45, 7) is 0.257. The maximum Gasteiger partial charge on any atom is 0.456 e. The molecule has 20 heavy (non-hydrogen) atoms. The fourth-order valence-corrected chi connectivity index (χ4v) is 1.43. The number of rotatable bonds is 5. The van der Waals surface area contributed by atoms with Gasteiger partial charge in [-0.2, -0.15) is 13.2 Å². The highest BCUT2D eigenvalue weighted by Crippen LogP contribution is 2.20. The van der Waals surface area contributed by atoms with Crippen molar-refractivity contribution in [1.29, 1.82) is 0 Å². The molecule has 2 rings (SSSR count). The topological polar surface area (TPSA) is 83.0 Å². The Balaban J connectivity index is 2.07. The van der Waals surface area contributed by atoms with Crippen LogP contribution in [-0.2, 0) is 17.9 Å². The van der Waals surface area contributed by atoms with E-state index in [9.17, 15) is 18.0 Å². The van der Waals surface area contributed by atoms with E-state index in [1.807, 2.05) is 0 Å². The summed E-state index contributed by atoms with van der Waals surface area (Å²) in [5.41, 5.74) is -0.342. The van der Waals surface area contributed by atoms with Crippen LogP contribution >= 0.6 is 0 Å². The molecule has 0 radical (unpaired) electrons. The number of methoxy groups -OCH3 is 1. The molecule has 2 heterocycles. The number of carbonyl (C=O) groups excluding carboxylic acids is 1. The van der Waals surface area contributed by atoms with Gasteiger partial charge in [-0.1, -0.05) is 10.4 Å². The van der Waals surface area contributed by atoms with E-state index < -0.39 is 17.7 Å². The molecule has 10 heteroatoms. The van der Waals surface area contributed by atoms with Crippen molar-refractivity contribution < 1.29 is 27.2 Å². The number of halogens is 3. The van der Waals surface area contributed by atoms with E-state index in [2.05, 4.69) is 15.5 Å². The van der Waals surface area contributed by atoms with Crippen molar-refractivity contribution in [2.75, 3.05) is 7.11 Å². The number of nitrogens with zero attached hydrogens (tertiary/aromatic N) is 4. The minimum atomic E-state index is -4.97. The first-order chi connectivity index (χ1) is 9.40. The first-order valence-electron chi connectivity index (χ1n) is 5.35. The zero-order valence-corrected chi connectivity index (χ0v) is 10.2. The molecule has 2 aromatic rings. The van der Waals surface area contributed by atoms with Gasteiger partial charge in [0.2, 0.25) is 0 Å². The summed E-state index contributed by atoms with van der Waals surface area (Å²) in [4.78, 5) is 10.9. The monoisotopic (exact) mass is 290 g/mol. The number of carbonyl (C=O) groups is 1. The van der Waals surface area contributed by atoms with E-state index in [4.69, 9.17) is 9.26 Å². The zero-order valence-electron chi connectivity index (χ0n) is 10.2. The second-order valence-corrected chi connectivity index (χ2v) is 3.85. The van der Waals surface area contributed by atoms with Crippen LogP contribution in [0, 0.1) is 0 Å². The summed E-state index contributed by atoms with van der Waals surface area (Å²) in [7, 11) is 1.48. The summed E-state index contributed by atoms with van der Waals surface area (Å²) in [5, 5.41) is 10.3. The van der Waals surface area contributed by atoms with Gasteiger partial charge in [-0.3, -0.25) is 4.79 Å². The number of Topliss-reactive ketones (excluding diaryl/α,β-unsaturated/α-hetero) is 1. The SMILES string of the molecule is COCc1cc(Cn2cc(C(=O)C(F)(F)F)nn2)no1. The average Bonchev–Trinajstić information content (AvgIpc) is 2.98. The van der Waals surface area contributed by atoms with Crippen LogP contribution in [0.5, 0.6) is 0 Å². The fraction of sp³-hybridized carbons (Fsp3) is 0.400. The Morgan fingerprint density at radius 1 is 1.50 bits per heavy atom. The van der Waals surface area contributed by atoms with Crippen molar-refractivity contribution in [3.8, 4) is 0 Å². The van der Waals surface area contributed by atoms with Gasteiger partial charge in [0, 0.05) is 13.2 Å². The Hall–Kier alpha value is -2.23. The van der Waals surface area contributed by atoms with Gasteiger partial charge in [-0.05, 0) is 0 Å². The van der Waals surface area contributed by atoms with Gasteiger partial charge < -0.3 is 9.26 Å². The summed E-state index contributed by atoms with van der Waals surface area (Å²) in [6.07, 6.45) is -4.07. The van der Waals surface area contributed by atoms with Gasteiger partial charge in [-0.25, -0.2) is 4.68 Å². The standard InChI is InChI=1S/C10H9F3N4O3/c1-19-5-7-2-6(15-20-7)3-17-4-8(14-16-17)9(18)10(11,12)13/h2,4H,3,5H2,1H3. The third-order valence-electron chi connectivity index (χ3n) is 2.25. The lowest BCUT2D eigenvalue weighted by Crippen LogP contribution is -2.23. The maximum atomic E-state index is 12.2. The third-order valence-corrected chi connectivity index (χ3v) is 2.25. The third kappa shape index (κ3) is 3.20. The molecule has 0 amide bonds. The predicted octanol–water partition coefficient (Wildman–Crippen LogP) is 1.21. The Morgan fingerprint density at radius 3 is 2.90 bits per heavy atom. The molecule has 0 atom stereocenters. The Bertz CT molecular complexity index is 605. The van der Waals surface area contributed by atoms with Crippen molar-refractivity contribution >= 4 is 5.78 Å². The molecule has 108 valence electrons.